The number of hydrogen-bond acceptors (Lipinski definition) is 3. The zero-order valence-electron chi connectivity index (χ0n) is 14.2. The first-order valence-corrected chi connectivity index (χ1v) is 8.19. The van der Waals surface area contributed by atoms with E-state index < -0.39 is 0 Å². The van der Waals surface area contributed by atoms with Gasteiger partial charge in [0.25, 0.3) is 0 Å². The third-order valence-electron chi connectivity index (χ3n) is 4.43. The summed E-state index contributed by atoms with van der Waals surface area (Å²) in [5.41, 5.74) is 1.36. The Labute approximate surface area is 129 Å². The van der Waals surface area contributed by atoms with Crippen molar-refractivity contribution < 1.29 is 4.74 Å². The number of aromatic nitrogens is 1. The molecule has 1 N–H and O–H groups in total. The highest BCUT2D eigenvalue weighted by Crippen LogP contribution is 2.22. The van der Waals surface area contributed by atoms with Gasteiger partial charge in [0.2, 0.25) is 0 Å². The lowest BCUT2D eigenvalue weighted by Crippen LogP contribution is -2.47. The summed E-state index contributed by atoms with van der Waals surface area (Å²) in [5.74, 6) is 0.591. The average molecular weight is 293 g/mol. The van der Waals surface area contributed by atoms with Gasteiger partial charge >= 0.3 is 0 Å². The summed E-state index contributed by atoms with van der Waals surface area (Å²) < 4.78 is 8.20. The molecular formula is C17H31N3O. The van der Waals surface area contributed by atoms with Gasteiger partial charge < -0.3 is 14.6 Å². The van der Waals surface area contributed by atoms with Crippen molar-refractivity contribution >= 4 is 0 Å². The zero-order chi connectivity index (χ0) is 15.4. The van der Waals surface area contributed by atoms with Crippen LogP contribution in [0.3, 0.4) is 0 Å². The van der Waals surface area contributed by atoms with Gasteiger partial charge in [0.15, 0.2) is 0 Å². The van der Waals surface area contributed by atoms with E-state index in [0.717, 1.165) is 26.2 Å². The van der Waals surface area contributed by atoms with Gasteiger partial charge in [-0.3, -0.25) is 4.90 Å². The number of hydrogen-bond donors (Lipinski definition) is 1. The molecule has 0 spiro atoms. The number of ether oxygens (including phenoxy) is 1. The van der Waals surface area contributed by atoms with Gasteiger partial charge in [-0.25, -0.2) is 0 Å². The summed E-state index contributed by atoms with van der Waals surface area (Å²) in [7, 11) is 2.03. The molecule has 21 heavy (non-hydrogen) atoms. The molecule has 1 aromatic heterocycles. The van der Waals surface area contributed by atoms with Crippen LogP contribution in [0.1, 0.15) is 39.3 Å². The van der Waals surface area contributed by atoms with Crippen LogP contribution in [-0.2, 0) is 11.3 Å². The number of morpholine rings is 1. The van der Waals surface area contributed by atoms with Crippen LogP contribution in [0.4, 0.5) is 0 Å². The molecule has 0 bridgehead atoms. The zero-order valence-corrected chi connectivity index (χ0v) is 14.2. The van der Waals surface area contributed by atoms with Gasteiger partial charge in [-0.2, -0.15) is 0 Å². The summed E-state index contributed by atoms with van der Waals surface area (Å²) in [4.78, 5) is 2.50. The van der Waals surface area contributed by atoms with E-state index in [0.29, 0.717) is 24.1 Å². The minimum absolute atomic E-state index is 0.300. The largest absolute Gasteiger partial charge is 0.374 e. The predicted molar refractivity (Wildman–Crippen MR) is 87.5 cm³/mol. The molecule has 1 aliphatic rings. The molecule has 0 aliphatic carbocycles. The van der Waals surface area contributed by atoms with E-state index >= 15 is 0 Å². The normalized spacial score (nSPS) is 22.1. The summed E-state index contributed by atoms with van der Waals surface area (Å²) in [5, 5.41) is 3.40. The highest BCUT2D eigenvalue weighted by Gasteiger charge is 2.23. The van der Waals surface area contributed by atoms with Crippen molar-refractivity contribution in [2.24, 2.45) is 5.92 Å². The molecule has 120 valence electrons. The van der Waals surface area contributed by atoms with E-state index in [9.17, 15) is 0 Å². The molecule has 0 aromatic carbocycles. The molecule has 4 heteroatoms. The Balaban J connectivity index is 1.96. The van der Waals surface area contributed by atoms with Gasteiger partial charge in [0.05, 0.1) is 12.7 Å². The Morgan fingerprint density at radius 2 is 2.10 bits per heavy atom. The molecule has 1 aliphatic heterocycles. The number of rotatable bonds is 6. The summed E-state index contributed by atoms with van der Waals surface area (Å²) in [6.45, 7) is 12.9. The SMILES string of the molecule is CNC(c1ccn(CC2CN(C(C)C)CCO2)c1)C(C)C. The minimum Gasteiger partial charge on any atom is -0.374 e. The maximum absolute atomic E-state index is 5.93. The first kappa shape index (κ1) is 16.5. The highest BCUT2D eigenvalue weighted by molar-refractivity contribution is 5.16. The van der Waals surface area contributed by atoms with E-state index in [1.807, 2.05) is 7.05 Å². The van der Waals surface area contributed by atoms with Gasteiger partial charge in [-0.15, -0.1) is 0 Å². The van der Waals surface area contributed by atoms with Gasteiger partial charge in [0, 0.05) is 44.1 Å². The van der Waals surface area contributed by atoms with Crippen molar-refractivity contribution in [3.05, 3.63) is 24.0 Å². The monoisotopic (exact) mass is 293 g/mol. The molecule has 4 nitrogen and oxygen atoms in total. The second kappa shape index (κ2) is 7.43. The van der Waals surface area contributed by atoms with Gasteiger partial charge in [0.1, 0.15) is 0 Å². The van der Waals surface area contributed by atoms with E-state index in [4.69, 9.17) is 4.74 Å². The Bertz CT molecular complexity index is 427. The lowest BCUT2D eigenvalue weighted by atomic mass is 9.99. The first-order valence-electron chi connectivity index (χ1n) is 8.19. The molecule has 2 unspecified atom stereocenters. The average Bonchev–Trinajstić information content (AvgIpc) is 2.87. The summed E-state index contributed by atoms with van der Waals surface area (Å²) >= 11 is 0. The minimum atomic E-state index is 0.300. The smallest absolute Gasteiger partial charge is 0.0881 e. The third kappa shape index (κ3) is 4.31. The van der Waals surface area contributed by atoms with Crippen LogP contribution in [0, 0.1) is 5.92 Å². The molecule has 1 saturated heterocycles. The fourth-order valence-corrected chi connectivity index (χ4v) is 3.20. The summed E-state index contributed by atoms with van der Waals surface area (Å²) in [6.07, 6.45) is 4.74. The third-order valence-corrected chi connectivity index (χ3v) is 4.43. The highest BCUT2D eigenvalue weighted by atomic mass is 16.5. The number of nitrogens with zero attached hydrogens (tertiary/aromatic N) is 2. The van der Waals surface area contributed by atoms with E-state index in [1.54, 1.807) is 0 Å². The van der Waals surface area contributed by atoms with Crippen molar-refractivity contribution in [2.75, 3.05) is 26.7 Å². The van der Waals surface area contributed by atoms with Crippen LogP contribution >= 0.6 is 0 Å². The Morgan fingerprint density at radius 3 is 2.71 bits per heavy atom. The lowest BCUT2D eigenvalue weighted by molar-refractivity contribution is -0.0455. The topological polar surface area (TPSA) is 29.4 Å². The van der Waals surface area contributed by atoms with Crippen molar-refractivity contribution in [1.82, 2.24) is 14.8 Å². The first-order chi connectivity index (χ1) is 10.0. The second-order valence-corrected chi connectivity index (χ2v) is 6.73. The maximum Gasteiger partial charge on any atom is 0.0881 e. The second-order valence-electron chi connectivity index (χ2n) is 6.73. The molecule has 2 atom stereocenters. The van der Waals surface area contributed by atoms with E-state index in [1.165, 1.54) is 5.56 Å². The molecule has 2 rings (SSSR count). The van der Waals surface area contributed by atoms with Crippen LogP contribution in [0.15, 0.2) is 18.5 Å². The van der Waals surface area contributed by atoms with Crippen LogP contribution < -0.4 is 5.32 Å². The Morgan fingerprint density at radius 1 is 1.33 bits per heavy atom. The molecular weight excluding hydrogens is 262 g/mol. The van der Waals surface area contributed by atoms with Crippen LogP contribution in [-0.4, -0.2) is 48.4 Å². The van der Waals surface area contributed by atoms with Crippen molar-refractivity contribution in [2.45, 2.75) is 52.4 Å². The summed E-state index contributed by atoms with van der Waals surface area (Å²) in [6, 6.07) is 3.25. The molecule has 1 fully saturated rings. The lowest BCUT2D eigenvalue weighted by Gasteiger charge is -2.35. The number of nitrogens with one attached hydrogen (secondary N) is 1. The molecule has 1 aromatic rings. The van der Waals surface area contributed by atoms with Crippen molar-refractivity contribution in [3.63, 3.8) is 0 Å². The van der Waals surface area contributed by atoms with Crippen molar-refractivity contribution in [3.8, 4) is 0 Å². The Hall–Kier alpha value is -0.840. The van der Waals surface area contributed by atoms with E-state index in [2.05, 4.69) is 60.9 Å². The van der Waals surface area contributed by atoms with Gasteiger partial charge in [-0.05, 0) is 38.4 Å². The molecule has 0 saturated carbocycles. The maximum atomic E-state index is 5.93. The van der Waals surface area contributed by atoms with Crippen molar-refractivity contribution in [1.29, 1.82) is 0 Å². The molecule has 0 radical (unpaired) electrons. The molecule has 2 heterocycles. The Kier molecular flexibility index (Phi) is 5.85. The van der Waals surface area contributed by atoms with Gasteiger partial charge in [-0.1, -0.05) is 13.8 Å². The van der Waals surface area contributed by atoms with Crippen LogP contribution in [0.25, 0.3) is 0 Å². The van der Waals surface area contributed by atoms with Crippen LogP contribution in [0.2, 0.25) is 0 Å². The quantitative estimate of drug-likeness (QED) is 0.874. The van der Waals surface area contributed by atoms with E-state index in [-0.39, 0.29) is 0 Å². The standard InChI is InChI=1S/C17H31N3O/c1-13(2)17(18-5)15-6-7-19(10-15)11-16-12-20(14(3)4)8-9-21-16/h6-7,10,13-14,16-18H,8-9,11-12H2,1-5H3. The fraction of sp³-hybridized carbons (Fsp3) is 0.765. The predicted octanol–water partition coefficient (Wildman–Crippen LogP) is 2.51. The fourth-order valence-electron chi connectivity index (χ4n) is 3.20. The van der Waals surface area contributed by atoms with Crippen LogP contribution in [0.5, 0.6) is 0 Å². The molecule has 0 amide bonds.